The van der Waals surface area contributed by atoms with Crippen molar-refractivity contribution in [1.82, 2.24) is 5.32 Å². The van der Waals surface area contributed by atoms with E-state index in [1.165, 1.54) is 0 Å². The summed E-state index contributed by atoms with van der Waals surface area (Å²) in [5, 5.41) is 12.4. The standard InChI is InChI=1S/C15H17BrClNO4/c1-9-6-10(7-11(17)13(9)16)14(21)18-15(8-12(19)20)2-4-22-5-3-15/h6-7H,2-5,8H2,1H3,(H,18,21)(H,19,20). The molecule has 1 saturated heterocycles. The van der Waals surface area contributed by atoms with Crippen molar-refractivity contribution in [1.29, 1.82) is 0 Å². The molecule has 1 aromatic carbocycles. The third-order valence-corrected chi connectivity index (χ3v) is 5.37. The van der Waals surface area contributed by atoms with E-state index in [-0.39, 0.29) is 12.3 Å². The van der Waals surface area contributed by atoms with Gasteiger partial charge in [-0.15, -0.1) is 0 Å². The minimum atomic E-state index is -0.938. The van der Waals surface area contributed by atoms with E-state index in [1.54, 1.807) is 12.1 Å². The Morgan fingerprint density at radius 1 is 1.41 bits per heavy atom. The summed E-state index contributed by atoms with van der Waals surface area (Å²) in [4.78, 5) is 23.6. The van der Waals surface area contributed by atoms with E-state index < -0.39 is 11.5 Å². The Morgan fingerprint density at radius 2 is 2.05 bits per heavy atom. The van der Waals surface area contributed by atoms with Crippen LogP contribution in [-0.2, 0) is 9.53 Å². The first kappa shape index (κ1) is 17.2. The molecule has 5 nitrogen and oxygen atoms in total. The van der Waals surface area contributed by atoms with Crippen molar-refractivity contribution in [2.75, 3.05) is 13.2 Å². The lowest BCUT2D eigenvalue weighted by Gasteiger charge is -2.36. The van der Waals surface area contributed by atoms with Crippen molar-refractivity contribution in [2.45, 2.75) is 31.7 Å². The number of halogens is 2. The van der Waals surface area contributed by atoms with Crippen molar-refractivity contribution in [3.8, 4) is 0 Å². The number of carbonyl (C=O) groups excluding carboxylic acids is 1. The minimum absolute atomic E-state index is 0.120. The van der Waals surface area contributed by atoms with Gasteiger partial charge < -0.3 is 15.2 Å². The molecule has 0 bridgehead atoms. The number of carboxylic acids is 1. The lowest BCUT2D eigenvalue weighted by molar-refractivity contribution is -0.139. The van der Waals surface area contributed by atoms with Crippen LogP contribution in [0.3, 0.4) is 0 Å². The van der Waals surface area contributed by atoms with E-state index in [0.717, 1.165) is 10.0 Å². The molecule has 0 spiro atoms. The van der Waals surface area contributed by atoms with E-state index in [4.69, 9.17) is 21.4 Å². The Labute approximate surface area is 142 Å². The van der Waals surface area contributed by atoms with Crippen molar-refractivity contribution in [3.63, 3.8) is 0 Å². The zero-order valence-electron chi connectivity index (χ0n) is 12.1. The molecule has 7 heteroatoms. The van der Waals surface area contributed by atoms with Gasteiger partial charge in [-0.2, -0.15) is 0 Å². The highest BCUT2D eigenvalue weighted by Gasteiger charge is 2.36. The maximum absolute atomic E-state index is 12.5. The summed E-state index contributed by atoms with van der Waals surface area (Å²) in [5.41, 5.74) is 0.494. The van der Waals surface area contributed by atoms with Gasteiger partial charge in [0.15, 0.2) is 0 Å². The fraction of sp³-hybridized carbons (Fsp3) is 0.467. The third-order valence-electron chi connectivity index (χ3n) is 3.79. The maximum Gasteiger partial charge on any atom is 0.305 e. The highest BCUT2D eigenvalue weighted by atomic mass is 79.9. The average molecular weight is 391 g/mol. The van der Waals surface area contributed by atoms with Crippen LogP contribution in [-0.4, -0.2) is 35.7 Å². The molecule has 22 heavy (non-hydrogen) atoms. The number of carbonyl (C=O) groups is 2. The zero-order valence-corrected chi connectivity index (χ0v) is 14.5. The number of amides is 1. The first-order valence-corrected chi connectivity index (χ1v) is 8.08. The van der Waals surface area contributed by atoms with Crippen LogP contribution in [0.5, 0.6) is 0 Å². The summed E-state index contributed by atoms with van der Waals surface area (Å²) >= 11 is 9.43. The van der Waals surface area contributed by atoms with E-state index >= 15 is 0 Å². The number of carboxylic acid groups (broad SMARTS) is 1. The number of ether oxygens (including phenoxy) is 1. The summed E-state index contributed by atoms with van der Waals surface area (Å²) in [6.45, 7) is 2.72. The fourth-order valence-corrected chi connectivity index (χ4v) is 3.06. The van der Waals surface area contributed by atoms with Crippen LogP contribution >= 0.6 is 27.5 Å². The van der Waals surface area contributed by atoms with Crippen molar-refractivity contribution in [3.05, 3.63) is 32.8 Å². The third kappa shape index (κ3) is 4.00. The Bertz CT molecular complexity index is 576. The second kappa shape index (κ2) is 6.98. The van der Waals surface area contributed by atoms with Crippen molar-refractivity contribution < 1.29 is 19.4 Å². The van der Waals surface area contributed by atoms with Gasteiger partial charge in [0.1, 0.15) is 0 Å². The molecule has 0 saturated carbocycles. The van der Waals surface area contributed by atoms with Crippen LogP contribution < -0.4 is 5.32 Å². The topological polar surface area (TPSA) is 75.6 Å². The van der Waals surface area contributed by atoms with Crippen LogP contribution in [0.2, 0.25) is 5.02 Å². The normalized spacial score (nSPS) is 17.0. The quantitative estimate of drug-likeness (QED) is 0.828. The molecule has 120 valence electrons. The molecule has 1 aliphatic heterocycles. The molecule has 2 N–H and O–H groups in total. The predicted molar refractivity (Wildman–Crippen MR) is 86.4 cm³/mol. The Balaban J connectivity index is 2.22. The first-order valence-electron chi connectivity index (χ1n) is 6.91. The molecule has 1 amide bonds. The monoisotopic (exact) mass is 389 g/mol. The van der Waals surface area contributed by atoms with Crippen LogP contribution in [0.4, 0.5) is 0 Å². The van der Waals surface area contributed by atoms with Gasteiger partial charge in [0.05, 0.1) is 17.0 Å². The van der Waals surface area contributed by atoms with Gasteiger partial charge in [0.2, 0.25) is 0 Å². The molecule has 1 aliphatic rings. The largest absolute Gasteiger partial charge is 0.481 e. The summed E-state index contributed by atoms with van der Waals surface area (Å²) in [7, 11) is 0. The number of benzene rings is 1. The smallest absolute Gasteiger partial charge is 0.305 e. The Kier molecular flexibility index (Phi) is 5.47. The highest BCUT2D eigenvalue weighted by Crippen LogP contribution is 2.29. The SMILES string of the molecule is Cc1cc(C(=O)NC2(CC(=O)O)CCOCC2)cc(Cl)c1Br. The zero-order chi connectivity index (χ0) is 16.3. The predicted octanol–water partition coefficient (Wildman–Crippen LogP) is 3.16. The Morgan fingerprint density at radius 3 is 2.59 bits per heavy atom. The summed E-state index contributed by atoms with van der Waals surface area (Å²) in [5.74, 6) is -1.26. The summed E-state index contributed by atoms with van der Waals surface area (Å²) in [6.07, 6.45) is 0.841. The van der Waals surface area contributed by atoms with Crippen LogP contribution in [0, 0.1) is 6.92 Å². The highest BCUT2D eigenvalue weighted by molar-refractivity contribution is 9.10. The van der Waals surface area contributed by atoms with Crippen molar-refractivity contribution >= 4 is 39.4 Å². The van der Waals surface area contributed by atoms with Gasteiger partial charge in [-0.3, -0.25) is 9.59 Å². The van der Waals surface area contributed by atoms with Crippen LogP contribution in [0.15, 0.2) is 16.6 Å². The average Bonchev–Trinajstić information content (AvgIpc) is 2.44. The molecular weight excluding hydrogens is 374 g/mol. The molecule has 2 rings (SSSR count). The van der Waals surface area contributed by atoms with E-state index in [0.29, 0.717) is 36.6 Å². The van der Waals surface area contributed by atoms with Gasteiger partial charge >= 0.3 is 5.97 Å². The van der Waals surface area contributed by atoms with Gasteiger partial charge in [-0.25, -0.2) is 0 Å². The molecule has 0 radical (unpaired) electrons. The lowest BCUT2D eigenvalue weighted by Crippen LogP contribution is -2.53. The van der Waals surface area contributed by atoms with Gasteiger partial charge in [-0.05, 0) is 53.4 Å². The Hall–Kier alpha value is -1.11. The number of hydrogen-bond donors (Lipinski definition) is 2. The molecule has 0 aromatic heterocycles. The second-order valence-corrected chi connectivity index (χ2v) is 6.71. The molecular formula is C15H17BrClNO4. The second-order valence-electron chi connectivity index (χ2n) is 5.51. The lowest BCUT2D eigenvalue weighted by atomic mass is 9.86. The summed E-state index contributed by atoms with van der Waals surface area (Å²) < 4.78 is 6.02. The van der Waals surface area contributed by atoms with Gasteiger partial charge in [0.25, 0.3) is 5.91 Å². The number of aryl methyl sites for hydroxylation is 1. The molecule has 0 atom stereocenters. The molecule has 1 fully saturated rings. The van der Waals surface area contributed by atoms with E-state index in [1.807, 2.05) is 6.92 Å². The summed E-state index contributed by atoms with van der Waals surface area (Å²) in [6, 6.07) is 3.29. The number of nitrogens with one attached hydrogen (secondary N) is 1. The first-order chi connectivity index (χ1) is 10.3. The van der Waals surface area contributed by atoms with E-state index in [9.17, 15) is 9.59 Å². The number of rotatable bonds is 4. The maximum atomic E-state index is 12.5. The molecule has 0 unspecified atom stereocenters. The minimum Gasteiger partial charge on any atom is -0.481 e. The number of aliphatic carboxylic acids is 1. The van der Waals surface area contributed by atoms with Gasteiger partial charge in [-0.1, -0.05) is 11.6 Å². The van der Waals surface area contributed by atoms with Gasteiger partial charge in [0, 0.05) is 23.2 Å². The van der Waals surface area contributed by atoms with Crippen LogP contribution in [0.25, 0.3) is 0 Å². The fourth-order valence-electron chi connectivity index (χ4n) is 2.57. The molecule has 1 aromatic rings. The van der Waals surface area contributed by atoms with E-state index in [2.05, 4.69) is 21.2 Å². The molecule has 1 heterocycles. The van der Waals surface area contributed by atoms with Crippen LogP contribution in [0.1, 0.15) is 35.2 Å². The molecule has 0 aliphatic carbocycles. The van der Waals surface area contributed by atoms with Crippen molar-refractivity contribution in [2.24, 2.45) is 0 Å². The number of hydrogen-bond acceptors (Lipinski definition) is 3.